The van der Waals surface area contributed by atoms with Crippen LogP contribution in [-0.2, 0) is 11.2 Å². The van der Waals surface area contributed by atoms with Gasteiger partial charge in [0, 0.05) is 20.0 Å². The molecule has 2 rings (SSSR count). The molecule has 102 valence electrons. The highest BCUT2D eigenvalue weighted by molar-refractivity contribution is 5.73. The summed E-state index contributed by atoms with van der Waals surface area (Å²) in [5.74, 6) is -0.0860. The standard InChI is InChI=1S/C14H18N2O3/c1-10-15-12-9-11(3-4-13(12)19-10)5-7-16(2)8-6-14(17)18/h3-4,9H,5-8H2,1-2H3,(H,17,18). The van der Waals surface area contributed by atoms with Crippen molar-refractivity contribution >= 4 is 17.1 Å². The number of benzene rings is 1. The van der Waals surface area contributed by atoms with Crippen molar-refractivity contribution in [2.45, 2.75) is 19.8 Å². The minimum absolute atomic E-state index is 0.179. The second-order valence-corrected chi connectivity index (χ2v) is 4.73. The Bertz CT molecular complexity index is 577. The van der Waals surface area contributed by atoms with Crippen molar-refractivity contribution in [2.24, 2.45) is 0 Å². The fraction of sp³-hybridized carbons (Fsp3) is 0.429. The molecule has 0 unspecified atom stereocenters. The molecule has 0 aliphatic rings. The average Bonchev–Trinajstić information content (AvgIpc) is 2.73. The molecule has 0 aliphatic carbocycles. The van der Waals surface area contributed by atoms with Gasteiger partial charge in [-0.2, -0.15) is 0 Å². The van der Waals surface area contributed by atoms with Gasteiger partial charge in [0.1, 0.15) is 5.52 Å². The lowest BCUT2D eigenvalue weighted by Crippen LogP contribution is -2.24. The normalized spacial score (nSPS) is 11.3. The summed E-state index contributed by atoms with van der Waals surface area (Å²) in [5.41, 5.74) is 2.87. The van der Waals surface area contributed by atoms with Gasteiger partial charge in [0.2, 0.25) is 0 Å². The number of hydrogen-bond donors (Lipinski definition) is 1. The Morgan fingerprint density at radius 1 is 1.42 bits per heavy atom. The monoisotopic (exact) mass is 262 g/mol. The van der Waals surface area contributed by atoms with Gasteiger partial charge in [-0.3, -0.25) is 4.79 Å². The smallest absolute Gasteiger partial charge is 0.304 e. The van der Waals surface area contributed by atoms with Crippen molar-refractivity contribution < 1.29 is 14.3 Å². The number of oxazole rings is 1. The third-order valence-corrected chi connectivity index (χ3v) is 3.05. The van der Waals surface area contributed by atoms with Crippen molar-refractivity contribution in [2.75, 3.05) is 20.1 Å². The van der Waals surface area contributed by atoms with Gasteiger partial charge in [-0.1, -0.05) is 6.07 Å². The average molecular weight is 262 g/mol. The summed E-state index contributed by atoms with van der Waals surface area (Å²) in [5, 5.41) is 8.62. The van der Waals surface area contributed by atoms with Crippen molar-refractivity contribution in [1.82, 2.24) is 9.88 Å². The van der Waals surface area contributed by atoms with Crippen LogP contribution in [0.4, 0.5) is 0 Å². The molecule has 0 spiro atoms. The summed E-state index contributed by atoms with van der Waals surface area (Å²) >= 11 is 0. The first-order valence-electron chi connectivity index (χ1n) is 6.31. The van der Waals surface area contributed by atoms with E-state index in [-0.39, 0.29) is 6.42 Å². The summed E-state index contributed by atoms with van der Waals surface area (Å²) in [6, 6.07) is 5.98. The van der Waals surface area contributed by atoms with Gasteiger partial charge in [-0.05, 0) is 31.2 Å². The highest BCUT2D eigenvalue weighted by atomic mass is 16.4. The molecule has 1 aromatic heterocycles. The van der Waals surface area contributed by atoms with Crippen molar-refractivity contribution in [3.8, 4) is 0 Å². The number of aryl methyl sites for hydroxylation is 1. The van der Waals surface area contributed by atoms with Crippen LogP contribution in [0, 0.1) is 6.92 Å². The lowest BCUT2D eigenvalue weighted by Gasteiger charge is -2.14. The predicted octanol–water partition coefficient (Wildman–Crippen LogP) is 2.09. The Morgan fingerprint density at radius 3 is 2.95 bits per heavy atom. The molecule has 1 N–H and O–H groups in total. The third kappa shape index (κ3) is 3.79. The highest BCUT2D eigenvalue weighted by Gasteiger charge is 2.05. The van der Waals surface area contributed by atoms with Crippen molar-refractivity contribution in [3.63, 3.8) is 0 Å². The molecule has 0 fully saturated rings. The third-order valence-electron chi connectivity index (χ3n) is 3.05. The van der Waals surface area contributed by atoms with Gasteiger partial charge in [0.15, 0.2) is 11.5 Å². The molecule has 0 bridgehead atoms. The quantitative estimate of drug-likeness (QED) is 0.863. The Balaban J connectivity index is 1.92. The second kappa shape index (κ2) is 5.84. The van der Waals surface area contributed by atoms with Crippen LogP contribution in [0.1, 0.15) is 17.9 Å². The van der Waals surface area contributed by atoms with Crippen molar-refractivity contribution in [3.05, 3.63) is 29.7 Å². The van der Waals surface area contributed by atoms with E-state index in [1.165, 1.54) is 5.56 Å². The fourth-order valence-corrected chi connectivity index (χ4v) is 1.96. The van der Waals surface area contributed by atoms with Gasteiger partial charge >= 0.3 is 5.97 Å². The van der Waals surface area contributed by atoms with Gasteiger partial charge in [-0.15, -0.1) is 0 Å². The van der Waals surface area contributed by atoms with Crippen LogP contribution in [0.5, 0.6) is 0 Å². The molecular weight excluding hydrogens is 244 g/mol. The lowest BCUT2D eigenvalue weighted by molar-refractivity contribution is -0.137. The van der Waals surface area contributed by atoms with E-state index in [9.17, 15) is 4.79 Å². The molecule has 0 atom stereocenters. The van der Waals surface area contributed by atoms with E-state index in [1.807, 2.05) is 37.1 Å². The summed E-state index contributed by atoms with van der Waals surface area (Å²) in [7, 11) is 1.93. The molecule has 2 aromatic rings. The maximum atomic E-state index is 10.5. The van der Waals surface area contributed by atoms with Crippen LogP contribution in [-0.4, -0.2) is 41.1 Å². The van der Waals surface area contributed by atoms with E-state index in [0.29, 0.717) is 12.4 Å². The molecule has 19 heavy (non-hydrogen) atoms. The second-order valence-electron chi connectivity index (χ2n) is 4.73. The zero-order valence-electron chi connectivity index (χ0n) is 11.2. The Labute approximate surface area is 111 Å². The van der Waals surface area contributed by atoms with Gasteiger partial charge in [0.25, 0.3) is 0 Å². The first-order chi connectivity index (χ1) is 9.04. The number of aliphatic carboxylic acids is 1. The lowest BCUT2D eigenvalue weighted by atomic mass is 10.1. The maximum absolute atomic E-state index is 10.5. The van der Waals surface area contributed by atoms with Crippen LogP contribution in [0.3, 0.4) is 0 Å². The number of rotatable bonds is 6. The molecule has 1 heterocycles. The van der Waals surface area contributed by atoms with Crippen LogP contribution < -0.4 is 0 Å². The van der Waals surface area contributed by atoms with Crippen LogP contribution in [0.25, 0.3) is 11.1 Å². The zero-order chi connectivity index (χ0) is 13.8. The van der Waals surface area contributed by atoms with E-state index in [0.717, 1.165) is 24.1 Å². The topological polar surface area (TPSA) is 66.6 Å². The van der Waals surface area contributed by atoms with Crippen LogP contribution in [0.15, 0.2) is 22.6 Å². The van der Waals surface area contributed by atoms with Gasteiger partial charge < -0.3 is 14.4 Å². The fourth-order valence-electron chi connectivity index (χ4n) is 1.96. The van der Waals surface area contributed by atoms with E-state index in [2.05, 4.69) is 4.98 Å². The summed E-state index contributed by atoms with van der Waals surface area (Å²) in [6.45, 7) is 3.23. The zero-order valence-corrected chi connectivity index (χ0v) is 11.2. The predicted molar refractivity (Wildman–Crippen MR) is 72.2 cm³/mol. The number of fused-ring (bicyclic) bond motifs is 1. The number of carbonyl (C=O) groups is 1. The Morgan fingerprint density at radius 2 is 2.21 bits per heavy atom. The minimum atomic E-state index is -0.758. The number of hydrogen-bond acceptors (Lipinski definition) is 4. The molecular formula is C14H18N2O3. The molecule has 0 saturated heterocycles. The maximum Gasteiger partial charge on any atom is 0.304 e. The van der Waals surface area contributed by atoms with Crippen molar-refractivity contribution in [1.29, 1.82) is 0 Å². The molecule has 5 heteroatoms. The van der Waals surface area contributed by atoms with E-state index in [4.69, 9.17) is 9.52 Å². The Kier molecular flexibility index (Phi) is 4.16. The molecule has 0 radical (unpaired) electrons. The molecule has 0 saturated carbocycles. The van der Waals surface area contributed by atoms with E-state index >= 15 is 0 Å². The molecule has 1 aromatic carbocycles. The number of nitrogens with zero attached hydrogens (tertiary/aromatic N) is 2. The summed E-state index contributed by atoms with van der Waals surface area (Å²) in [6.07, 6.45) is 1.05. The van der Waals surface area contributed by atoms with Crippen LogP contribution >= 0.6 is 0 Å². The number of carboxylic acid groups (broad SMARTS) is 1. The Hall–Kier alpha value is -1.88. The van der Waals surface area contributed by atoms with E-state index in [1.54, 1.807) is 0 Å². The number of aromatic nitrogens is 1. The molecule has 5 nitrogen and oxygen atoms in total. The van der Waals surface area contributed by atoms with Crippen LogP contribution in [0.2, 0.25) is 0 Å². The van der Waals surface area contributed by atoms with E-state index < -0.39 is 5.97 Å². The largest absolute Gasteiger partial charge is 0.481 e. The first-order valence-corrected chi connectivity index (χ1v) is 6.31. The van der Waals surface area contributed by atoms with Gasteiger partial charge in [0.05, 0.1) is 6.42 Å². The SMILES string of the molecule is Cc1nc2cc(CCN(C)CCC(=O)O)ccc2o1. The highest BCUT2D eigenvalue weighted by Crippen LogP contribution is 2.17. The number of likely N-dealkylation sites (N-methyl/N-ethyl adjacent to an activating group) is 1. The molecule has 0 amide bonds. The molecule has 0 aliphatic heterocycles. The van der Waals surface area contributed by atoms with Gasteiger partial charge in [-0.25, -0.2) is 4.98 Å². The summed E-state index contributed by atoms with van der Waals surface area (Å²) < 4.78 is 5.43. The first kappa shape index (κ1) is 13.5. The number of carboxylic acids is 1. The minimum Gasteiger partial charge on any atom is -0.481 e. The summed E-state index contributed by atoms with van der Waals surface area (Å²) in [4.78, 5) is 16.8.